The molecule has 0 aromatic heterocycles. The van der Waals surface area contributed by atoms with E-state index in [4.69, 9.17) is 35.4 Å². The molecule has 0 unspecified atom stereocenters. The van der Waals surface area contributed by atoms with Crippen LogP contribution < -0.4 is 10.6 Å². The first-order valence-corrected chi connectivity index (χ1v) is 8.34. The highest BCUT2D eigenvalue weighted by Crippen LogP contribution is 2.22. The first-order valence-electron chi connectivity index (χ1n) is 6.38. The number of carboxylic acids is 1. The van der Waals surface area contributed by atoms with Crippen LogP contribution in [0.5, 0.6) is 0 Å². The van der Waals surface area contributed by atoms with E-state index in [0.29, 0.717) is 9.50 Å². The van der Waals surface area contributed by atoms with Crippen LogP contribution in [-0.4, -0.2) is 22.1 Å². The second-order valence-corrected chi connectivity index (χ2v) is 6.70. The molecular formula is C15H9BrCl2N2O3S. The molecule has 2 rings (SSSR count). The number of anilines is 1. The maximum absolute atomic E-state index is 12.2. The molecule has 1 amide bonds. The number of benzene rings is 2. The van der Waals surface area contributed by atoms with Gasteiger partial charge in [0, 0.05) is 9.50 Å². The van der Waals surface area contributed by atoms with Crippen LogP contribution in [0.25, 0.3) is 0 Å². The van der Waals surface area contributed by atoms with Gasteiger partial charge in [0.2, 0.25) is 0 Å². The summed E-state index contributed by atoms with van der Waals surface area (Å²) in [6, 6.07) is 9.02. The fraction of sp³-hybridized carbons (Fsp3) is 0. The smallest absolute Gasteiger partial charge is 0.337 e. The van der Waals surface area contributed by atoms with Crippen LogP contribution in [-0.2, 0) is 0 Å². The lowest BCUT2D eigenvalue weighted by molar-refractivity contribution is 0.0697. The van der Waals surface area contributed by atoms with Crippen molar-refractivity contribution in [3.8, 4) is 0 Å². The van der Waals surface area contributed by atoms with Crippen LogP contribution in [0, 0.1) is 0 Å². The standard InChI is InChI=1S/C15H9BrCl2N2O3S/c16-7-1-4-12(10(5-7)14(22)23)19-15(24)20-13(21)9-3-2-8(17)6-11(9)18/h1-6H,(H,22,23)(H2,19,20,21,24). The molecule has 0 bridgehead atoms. The molecule has 0 saturated carbocycles. The van der Waals surface area contributed by atoms with Crippen molar-refractivity contribution >= 4 is 74.0 Å². The quantitative estimate of drug-likeness (QED) is 0.600. The van der Waals surface area contributed by atoms with E-state index in [2.05, 4.69) is 26.6 Å². The van der Waals surface area contributed by atoms with Crippen LogP contribution in [0.1, 0.15) is 20.7 Å². The van der Waals surface area contributed by atoms with Crippen LogP contribution in [0.15, 0.2) is 40.9 Å². The second-order valence-electron chi connectivity index (χ2n) is 4.53. The van der Waals surface area contributed by atoms with E-state index in [1.54, 1.807) is 6.07 Å². The fourth-order valence-electron chi connectivity index (χ4n) is 1.80. The van der Waals surface area contributed by atoms with Gasteiger partial charge in [0.25, 0.3) is 5.91 Å². The molecule has 0 fully saturated rings. The van der Waals surface area contributed by atoms with E-state index in [1.165, 1.54) is 30.3 Å². The number of carbonyl (C=O) groups excluding carboxylic acids is 1. The molecule has 3 N–H and O–H groups in total. The minimum Gasteiger partial charge on any atom is -0.478 e. The predicted octanol–water partition coefficient (Wildman–Crippen LogP) is 4.58. The summed E-state index contributed by atoms with van der Waals surface area (Å²) in [6.45, 7) is 0. The van der Waals surface area contributed by atoms with Gasteiger partial charge in [-0.05, 0) is 48.6 Å². The molecule has 24 heavy (non-hydrogen) atoms. The van der Waals surface area contributed by atoms with Crippen molar-refractivity contribution in [1.82, 2.24) is 5.32 Å². The Labute approximate surface area is 161 Å². The maximum Gasteiger partial charge on any atom is 0.337 e. The predicted molar refractivity (Wildman–Crippen MR) is 101 cm³/mol. The van der Waals surface area contributed by atoms with Gasteiger partial charge in [-0.15, -0.1) is 0 Å². The molecular weight excluding hydrogens is 439 g/mol. The van der Waals surface area contributed by atoms with Gasteiger partial charge in [-0.3, -0.25) is 10.1 Å². The first kappa shape index (κ1) is 18.7. The Morgan fingerprint density at radius 3 is 2.42 bits per heavy atom. The van der Waals surface area contributed by atoms with Gasteiger partial charge in [0.15, 0.2) is 5.11 Å². The zero-order valence-corrected chi connectivity index (χ0v) is 15.7. The number of rotatable bonds is 3. The molecule has 0 heterocycles. The number of halogens is 3. The number of carboxylic acid groups (broad SMARTS) is 1. The average molecular weight is 448 g/mol. The maximum atomic E-state index is 12.2. The van der Waals surface area contributed by atoms with E-state index in [0.717, 1.165) is 0 Å². The van der Waals surface area contributed by atoms with Crippen molar-refractivity contribution in [1.29, 1.82) is 0 Å². The number of hydrogen-bond acceptors (Lipinski definition) is 3. The summed E-state index contributed by atoms with van der Waals surface area (Å²) >= 11 is 20.0. The third-order valence-electron chi connectivity index (χ3n) is 2.86. The molecule has 0 saturated heterocycles. The van der Waals surface area contributed by atoms with Crippen LogP contribution in [0.3, 0.4) is 0 Å². The van der Waals surface area contributed by atoms with Gasteiger partial charge in [-0.2, -0.15) is 0 Å². The Morgan fingerprint density at radius 2 is 1.79 bits per heavy atom. The van der Waals surface area contributed by atoms with E-state index < -0.39 is 11.9 Å². The molecule has 0 aliphatic rings. The van der Waals surface area contributed by atoms with E-state index >= 15 is 0 Å². The number of amides is 1. The highest BCUT2D eigenvalue weighted by Gasteiger charge is 2.15. The minimum atomic E-state index is -1.13. The Morgan fingerprint density at radius 1 is 1.08 bits per heavy atom. The molecule has 124 valence electrons. The highest BCUT2D eigenvalue weighted by molar-refractivity contribution is 9.10. The molecule has 0 aliphatic heterocycles. The van der Waals surface area contributed by atoms with E-state index in [9.17, 15) is 14.7 Å². The monoisotopic (exact) mass is 446 g/mol. The lowest BCUT2D eigenvalue weighted by Crippen LogP contribution is -2.34. The number of hydrogen-bond donors (Lipinski definition) is 3. The second kappa shape index (κ2) is 7.94. The van der Waals surface area contributed by atoms with E-state index in [1.807, 2.05) is 0 Å². The summed E-state index contributed by atoms with van der Waals surface area (Å²) < 4.78 is 0.605. The average Bonchev–Trinajstić information content (AvgIpc) is 2.48. The van der Waals surface area contributed by atoms with Crippen LogP contribution in [0.4, 0.5) is 5.69 Å². The lowest BCUT2D eigenvalue weighted by atomic mass is 10.2. The SMILES string of the molecule is O=C(NC(=S)Nc1ccc(Br)cc1C(=O)O)c1ccc(Cl)cc1Cl. The molecule has 2 aromatic rings. The van der Waals surface area contributed by atoms with Gasteiger partial charge < -0.3 is 10.4 Å². The molecule has 0 radical (unpaired) electrons. The number of carbonyl (C=O) groups is 2. The van der Waals surface area contributed by atoms with Gasteiger partial charge in [-0.1, -0.05) is 39.1 Å². The normalized spacial score (nSPS) is 10.1. The van der Waals surface area contributed by atoms with Crippen molar-refractivity contribution in [2.75, 3.05) is 5.32 Å². The summed E-state index contributed by atoms with van der Waals surface area (Å²) in [4.78, 5) is 23.4. The third-order valence-corrected chi connectivity index (χ3v) is 4.11. The molecule has 0 aliphatic carbocycles. The summed E-state index contributed by atoms with van der Waals surface area (Å²) in [6.07, 6.45) is 0. The van der Waals surface area contributed by atoms with Gasteiger partial charge in [-0.25, -0.2) is 4.79 Å². The summed E-state index contributed by atoms with van der Waals surface area (Å²) in [5.41, 5.74) is 0.447. The summed E-state index contributed by atoms with van der Waals surface area (Å²) in [5.74, 6) is -1.67. The van der Waals surface area contributed by atoms with Gasteiger partial charge in [0.05, 0.1) is 21.8 Å². The van der Waals surface area contributed by atoms with Crippen molar-refractivity contribution < 1.29 is 14.7 Å². The molecule has 0 atom stereocenters. The molecule has 5 nitrogen and oxygen atoms in total. The Kier molecular flexibility index (Phi) is 6.17. The fourth-order valence-corrected chi connectivity index (χ4v) is 2.86. The summed E-state index contributed by atoms with van der Waals surface area (Å²) in [5, 5.41) is 14.8. The summed E-state index contributed by atoms with van der Waals surface area (Å²) in [7, 11) is 0. The minimum absolute atomic E-state index is 0.00509. The highest BCUT2D eigenvalue weighted by atomic mass is 79.9. The van der Waals surface area contributed by atoms with Gasteiger partial charge in [0.1, 0.15) is 0 Å². The van der Waals surface area contributed by atoms with Crippen LogP contribution >= 0.6 is 51.3 Å². The third kappa shape index (κ3) is 4.67. The lowest BCUT2D eigenvalue weighted by Gasteiger charge is -2.12. The molecule has 0 spiro atoms. The van der Waals surface area contributed by atoms with Gasteiger partial charge >= 0.3 is 5.97 Å². The number of nitrogens with one attached hydrogen (secondary N) is 2. The first-order chi connectivity index (χ1) is 11.3. The Balaban J connectivity index is 2.14. The topological polar surface area (TPSA) is 78.4 Å². The zero-order chi connectivity index (χ0) is 17.9. The van der Waals surface area contributed by atoms with E-state index in [-0.39, 0.29) is 26.9 Å². The van der Waals surface area contributed by atoms with Crippen molar-refractivity contribution in [2.45, 2.75) is 0 Å². The zero-order valence-electron chi connectivity index (χ0n) is 11.8. The van der Waals surface area contributed by atoms with Crippen LogP contribution in [0.2, 0.25) is 10.0 Å². The van der Waals surface area contributed by atoms with Crippen molar-refractivity contribution in [3.63, 3.8) is 0 Å². The Bertz CT molecular complexity index is 845. The Hall–Kier alpha value is -1.67. The number of aromatic carboxylic acids is 1. The largest absolute Gasteiger partial charge is 0.478 e. The number of thiocarbonyl (C=S) groups is 1. The van der Waals surface area contributed by atoms with Crippen molar-refractivity contribution in [2.24, 2.45) is 0 Å². The van der Waals surface area contributed by atoms with Crippen molar-refractivity contribution in [3.05, 3.63) is 62.0 Å². The molecule has 2 aromatic carbocycles. The molecule has 9 heteroatoms.